The van der Waals surface area contributed by atoms with Crippen LogP contribution in [0.3, 0.4) is 0 Å². The molecule has 1 aromatic carbocycles. The summed E-state index contributed by atoms with van der Waals surface area (Å²) in [5, 5.41) is 14.2. The van der Waals surface area contributed by atoms with Crippen LogP contribution in [0.5, 0.6) is 0 Å². The highest BCUT2D eigenvalue weighted by molar-refractivity contribution is 6.33. The Kier molecular flexibility index (Phi) is 5.20. The van der Waals surface area contributed by atoms with Crippen LogP contribution in [0.15, 0.2) is 12.1 Å². The van der Waals surface area contributed by atoms with Gasteiger partial charge in [0.15, 0.2) is 0 Å². The molecule has 6 heteroatoms. The van der Waals surface area contributed by atoms with E-state index in [2.05, 4.69) is 5.32 Å². The Bertz CT molecular complexity index is 490. The average Bonchev–Trinajstić information content (AvgIpc) is 3.20. The maximum atomic E-state index is 10.8. The SMILES string of the molecule is Cc1cc([N+](=O)[O-])c(Cl)cc1NCCCOCC1CC1. The van der Waals surface area contributed by atoms with E-state index in [0.717, 1.165) is 43.3 Å². The molecule has 0 bridgehead atoms. The number of nitro groups is 1. The normalized spacial score (nSPS) is 14.3. The van der Waals surface area contributed by atoms with E-state index in [-0.39, 0.29) is 10.7 Å². The summed E-state index contributed by atoms with van der Waals surface area (Å²) in [6, 6.07) is 3.11. The zero-order valence-corrected chi connectivity index (χ0v) is 12.3. The quantitative estimate of drug-likeness (QED) is 0.450. The van der Waals surface area contributed by atoms with Crippen molar-refractivity contribution < 1.29 is 9.66 Å². The Morgan fingerprint density at radius 1 is 1.50 bits per heavy atom. The molecule has 1 fully saturated rings. The number of hydrogen-bond acceptors (Lipinski definition) is 4. The summed E-state index contributed by atoms with van der Waals surface area (Å²) in [5.41, 5.74) is 1.60. The smallest absolute Gasteiger partial charge is 0.288 e. The first-order valence-electron chi connectivity index (χ1n) is 6.84. The highest BCUT2D eigenvalue weighted by atomic mass is 35.5. The molecule has 20 heavy (non-hydrogen) atoms. The van der Waals surface area contributed by atoms with Crippen molar-refractivity contribution >= 4 is 23.0 Å². The molecule has 0 aromatic heterocycles. The number of rotatable bonds is 8. The second kappa shape index (κ2) is 6.90. The van der Waals surface area contributed by atoms with Gasteiger partial charge in [-0.05, 0) is 43.7 Å². The first-order valence-corrected chi connectivity index (χ1v) is 7.22. The zero-order chi connectivity index (χ0) is 14.5. The third kappa shape index (κ3) is 4.35. The van der Waals surface area contributed by atoms with Gasteiger partial charge in [-0.15, -0.1) is 0 Å². The van der Waals surface area contributed by atoms with Gasteiger partial charge >= 0.3 is 0 Å². The van der Waals surface area contributed by atoms with Gasteiger partial charge in [0.05, 0.1) is 4.92 Å². The molecule has 0 amide bonds. The second-order valence-electron chi connectivity index (χ2n) is 5.17. The number of nitro benzene ring substituents is 1. The minimum atomic E-state index is -0.467. The lowest BCUT2D eigenvalue weighted by Gasteiger charge is -2.10. The third-order valence-corrected chi connectivity index (χ3v) is 3.62. The number of aryl methyl sites for hydroxylation is 1. The van der Waals surface area contributed by atoms with Crippen LogP contribution < -0.4 is 5.32 Å². The Morgan fingerprint density at radius 2 is 2.25 bits per heavy atom. The van der Waals surface area contributed by atoms with Crippen molar-refractivity contribution in [1.82, 2.24) is 0 Å². The molecule has 0 atom stereocenters. The number of hydrogen-bond donors (Lipinski definition) is 1. The lowest BCUT2D eigenvalue weighted by Crippen LogP contribution is -2.08. The van der Waals surface area contributed by atoms with Crippen molar-refractivity contribution in [3.63, 3.8) is 0 Å². The molecule has 1 N–H and O–H groups in total. The van der Waals surface area contributed by atoms with Gasteiger partial charge < -0.3 is 10.1 Å². The number of halogens is 1. The number of nitrogens with zero attached hydrogens (tertiary/aromatic N) is 1. The molecule has 1 saturated carbocycles. The largest absolute Gasteiger partial charge is 0.385 e. The number of benzene rings is 1. The first kappa shape index (κ1) is 15.1. The van der Waals surface area contributed by atoms with Crippen LogP contribution in [0.4, 0.5) is 11.4 Å². The molecule has 1 aliphatic carbocycles. The Hall–Kier alpha value is -1.33. The highest BCUT2D eigenvalue weighted by Gasteiger charge is 2.20. The minimum Gasteiger partial charge on any atom is -0.385 e. The van der Waals surface area contributed by atoms with Gasteiger partial charge in [-0.2, -0.15) is 0 Å². The Balaban J connectivity index is 1.76. The second-order valence-corrected chi connectivity index (χ2v) is 5.58. The molecule has 0 aliphatic heterocycles. The minimum absolute atomic E-state index is 0.0533. The fourth-order valence-electron chi connectivity index (χ4n) is 1.93. The van der Waals surface area contributed by atoms with E-state index in [0.29, 0.717) is 0 Å². The predicted octanol–water partition coefficient (Wildman–Crippen LogP) is 3.79. The molecule has 0 radical (unpaired) electrons. The summed E-state index contributed by atoms with van der Waals surface area (Å²) >= 11 is 5.89. The average molecular weight is 299 g/mol. The van der Waals surface area contributed by atoms with E-state index in [1.807, 2.05) is 6.92 Å². The Labute approximate surface area is 123 Å². The van der Waals surface area contributed by atoms with Crippen molar-refractivity contribution in [3.05, 3.63) is 32.8 Å². The maximum absolute atomic E-state index is 10.8. The van der Waals surface area contributed by atoms with Crippen molar-refractivity contribution in [2.24, 2.45) is 5.92 Å². The fraction of sp³-hybridized carbons (Fsp3) is 0.571. The van der Waals surface area contributed by atoms with E-state index < -0.39 is 4.92 Å². The summed E-state index contributed by atoms with van der Waals surface area (Å²) in [6.45, 7) is 4.21. The molecule has 5 nitrogen and oxygen atoms in total. The predicted molar refractivity (Wildman–Crippen MR) is 79.5 cm³/mol. The molecule has 0 spiro atoms. The van der Waals surface area contributed by atoms with Crippen LogP contribution in [0, 0.1) is 23.0 Å². The standard InChI is InChI=1S/C14H19ClN2O3/c1-10-7-14(17(18)19)12(15)8-13(10)16-5-2-6-20-9-11-3-4-11/h7-8,11,16H,2-6,9H2,1H3. The molecule has 0 saturated heterocycles. The van der Waals surface area contributed by atoms with Gasteiger partial charge in [-0.3, -0.25) is 10.1 Å². The first-order chi connectivity index (χ1) is 9.58. The summed E-state index contributed by atoms with van der Waals surface area (Å²) in [7, 11) is 0. The summed E-state index contributed by atoms with van der Waals surface area (Å²) in [5.74, 6) is 0.790. The fourth-order valence-corrected chi connectivity index (χ4v) is 2.16. The number of ether oxygens (including phenoxy) is 1. The summed E-state index contributed by atoms with van der Waals surface area (Å²) < 4.78 is 5.54. The van der Waals surface area contributed by atoms with Crippen LogP contribution in [0.1, 0.15) is 24.8 Å². The van der Waals surface area contributed by atoms with Gasteiger partial charge in [-0.1, -0.05) is 11.6 Å². The molecule has 0 unspecified atom stereocenters. The summed E-state index contributed by atoms with van der Waals surface area (Å²) in [4.78, 5) is 10.3. The number of anilines is 1. The van der Waals surface area contributed by atoms with Crippen molar-refractivity contribution in [3.8, 4) is 0 Å². The van der Waals surface area contributed by atoms with Gasteiger partial charge in [-0.25, -0.2) is 0 Å². The zero-order valence-electron chi connectivity index (χ0n) is 11.5. The molecule has 2 rings (SSSR count). The van der Waals surface area contributed by atoms with E-state index in [1.54, 1.807) is 6.07 Å². The molecule has 1 aromatic rings. The van der Waals surface area contributed by atoms with E-state index >= 15 is 0 Å². The molecular weight excluding hydrogens is 280 g/mol. The molecular formula is C14H19ClN2O3. The van der Waals surface area contributed by atoms with Crippen molar-refractivity contribution in [2.45, 2.75) is 26.2 Å². The third-order valence-electron chi connectivity index (χ3n) is 3.32. The molecule has 1 aliphatic rings. The van der Waals surface area contributed by atoms with Crippen LogP contribution >= 0.6 is 11.6 Å². The number of nitrogens with one attached hydrogen (secondary N) is 1. The highest BCUT2D eigenvalue weighted by Crippen LogP contribution is 2.30. The lowest BCUT2D eigenvalue weighted by molar-refractivity contribution is -0.384. The van der Waals surface area contributed by atoms with Gasteiger partial charge in [0, 0.05) is 31.5 Å². The van der Waals surface area contributed by atoms with Gasteiger partial charge in [0.1, 0.15) is 5.02 Å². The lowest BCUT2D eigenvalue weighted by atomic mass is 10.1. The topological polar surface area (TPSA) is 64.4 Å². The van der Waals surface area contributed by atoms with Crippen LogP contribution in [0.25, 0.3) is 0 Å². The van der Waals surface area contributed by atoms with E-state index in [1.165, 1.54) is 18.9 Å². The molecule has 110 valence electrons. The van der Waals surface area contributed by atoms with Crippen LogP contribution in [-0.2, 0) is 4.74 Å². The maximum Gasteiger partial charge on any atom is 0.288 e. The van der Waals surface area contributed by atoms with Crippen LogP contribution in [0.2, 0.25) is 5.02 Å². The van der Waals surface area contributed by atoms with E-state index in [9.17, 15) is 10.1 Å². The van der Waals surface area contributed by atoms with Crippen molar-refractivity contribution in [1.29, 1.82) is 0 Å². The van der Waals surface area contributed by atoms with Gasteiger partial charge in [0.25, 0.3) is 5.69 Å². The monoisotopic (exact) mass is 298 g/mol. The Morgan fingerprint density at radius 3 is 2.90 bits per heavy atom. The van der Waals surface area contributed by atoms with E-state index in [4.69, 9.17) is 16.3 Å². The van der Waals surface area contributed by atoms with Crippen molar-refractivity contribution in [2.75, 3.05) is 25.1 Å². The summed E-state index contributed by atoms with van der Waals surface area (Å²) in [6.07, 6.45) is 3.51. The van der Waals surface area contributed by atoms with Crippen LogP contribution in [-0.4, -0.2) is 24.7 Å². The molecule has 0 heterocycles. The van der Waals surface area contributed by atoms with Gasteiger partial charge in [0.2, 0.25) is 0 Å².